The summed E-state index contributed by atoms with van der Waals surface area (Å²) in [5.74, 6) is -1.30. The fourth-order valence-electron chi connectivity index (χ4n) is 4.54. The molecule has 0 spiro atoms. The van der Waals surface area contributed by atoms with Gasteiger partial charge >= 0.3 is 5.97 Å². The number of aliphatic carboxylic acids is 1. The Bertz CT molecular complexity index is 801. The monoisotopic (exact) mass is 474 g/mol. The van der Waals surface area contributed by atoms with E-state index in [1.807, 2.05) is 58.0 Å². The first-order valence-electron chi connectivity index (χ1n) is 12.5. The molecule has 190 valence electrons. The third-order valence-electron chi connectivity index (χ3n) is 6.63. The zero-order valence-corrected chi connectivity index (χ0v) is 21.0. The molecule has 0 saturated carbocycles. The van der Waals surface area contributed by atoms with Crippen molar-refractivity contribution in [3.05, 3.63) is 35.9 Å². The fourth-order valence-corrected chi connectivity index (χ4v) is 4.54. The van der Waals surface area contributed by atoms with Gasteiger partial charge in [0.05, 0.1) is 12.1 Å². The Morgan fingerprint density at radius 1 is 1.15 bits per heavy atom. The van der Waals surface area contributed by atoms with Crippen LogP contribution in [0.1, 0.15) is 58.9 Å². The second kappa shape index (κ2) is 13.4. The molecule has 1 saturated heterocycles. The maximum absolute atomic E-state index is 13.1. The van der Waals surface area contributed by atoms with Crippen LogP contribution in [0.25, 0.3) is 0 Å². The standard InChI is InChI=1S/C26H42N4O4/c1-5-18(4)23(26(33)34)29-25(32)22-12-9-13-30(22)16-20(15-19-10-7-6-8-11-19)28-24(31)21(27)14-17(2)3/h6-8,10-11,17-18,20-23H,5,9,12-16,27H2,1-4H3,(H,28,31)(H,29,32)(H,33,34)/t18-,20?,21-,22-,23-/m0/s1. The molecule has 0 radical (unpaired) electrons. The van der Waals surface area contributed by atoms with Gasteiger partial charge in [0.1, 0.15) is 6.04 Å². The summed E-state index contributed by atoms with van der Waals surface area (Å²) >= 11 is 0. The van der Waals surface area contributed by atoms with Crippen LogP contribution in [-0.2, 0) is 20.8 Å². The lowest BCUT2D eigenvalue weighted by Crippen LogP contribution is -2.55. The van der Waals surface area contributed by atoms with Gasteiger partial charge in [0.25, 0.3) is 0 Å². The van der Waals surface area contributed by atoms with Crippen LogP contribution < -0.4 is 16.4 Å². The number of benzene rings is 1. The van der Waals surface area contributed by atoms with Crippen molar-refractivity contribution in [1.29, 1.82) is 0 Å². The molecule has 1 unspecified atom stereocenters. The number of carbonyl (C=O) groups excluding carboxylic acids is 2. The molecule has 2 amide bonds. The molecule has 8 heteroatoms. The minimum absolute atomic E-state index is 0.163. The first kappa shape index (κ1) is 27.8. The largest absolute Gasteiger partial charge is 0.480 e. The molecule has 1 fully saturated rings. The van der Waals surface area contributed by atoms with Crippen molar-refractivity contribution < 1.29 is 19.5 Å². The molecule has 8 nitrogen and oxygen atoms in total. The highest BCUT2D eigenvalue weighted by Crippen LogP contribution is 2.20. The first-order valence-corrected chi connectivity index (χ1v) is 12.5. The van der Waals surface area contributed by atoms with Gasteiger partial charge < -0.3 is 21.5 Å². The van der Waals surface area contributed by atoms with E-state index in [2.05, 4.69) is 15.5 Å². The summed E-state index contributed by atoms with van der Waals surface area (Å²) in [5, 5.41) is 15.4. The van der Waals surface area contributed by atoms with Gasteiger partial charge in [-0.2, -0.15) is 0 Å². The van der Waals surface area contributed by atoms with E-state index in [0.717, 1.165) is 18.5 Å². The first-order chi connectivity index (χ1) is 16.1. The zero-order chi connectivity index (χ0) is 25.3. The number of hydrogen-bond donors (Lipinski definition) is 4. The number of likely N-dealkylation sites (tertiary alicyclic amines) is 1. The molecule has 2 rings (SSSR count). The minimum Gasteiger partial charge on any atom is -0.480 e. The molecule has 34 heavy (non-hydrogen) atoms. The van der Waals surface area contributed by atoms with E-state index in [0.29, 0.717) is 38.1 Å². The molecule has 1 aliphatic rings. The van der Waals surface area contributed by atoms with Gasteiger partial charge in [0.15, 0.2) is 0 Å². The summed E-state index contributed by atoms with van der Waals surface area (Å²) in [5.41, 5.74) is 7.21. The lowest BCUT2D eigenvalue weighted by Gasteiger charge is -2.31. The van der Waals surface area contributed by atoms with E-state index >= 15 is 0 Å². The minimum atomic E-state index is -1.01. The number of carboxylic acids is 1. The van der Waals surface area contributed by atoms with Crippen LogP contribution in [0.4, 0.5) is 0 Å². The van der Waals surface area contributed by atoms with Crippen LogP contribution in [0.15, 0.2) is 30.3 Å². The molecule has 1 aromatic carbocycles. The average Bonchev–Trinajstić information content (AvgIpc) is 3.24. The normalized spacial score (nSPS) is 19.9. The van der Waals surface area contributed by atoms with E-state index in [1.54, 1.807) is 0 Å². The lowest BCUT2D eigenvalue weighted by molar-refractivity contribution is -0.144. The lowest BCUT2D eigenvalue weighted by atomic mass is 9.98. The summed E-state index contributed by atoms with van der Waals surface area (Å²) in [4.78, 5) is 39.6. The van der Waals surface area contributed by atoms with Crippen molar-refractivity contribution in [3.63, 3.8) is 0 Å². The molecule has 0 aliphatic carbocycles. The topological polar surface area (TPSA) is 125 Å². The highest BCUT2D eigenvalue weighted by atomic mass is 16.4. The van der Waals surface area contributed by atoms with Crippen LogP contribution >= 0.6 is 0 Å². The maximum atomic E-state index is 13.1. The van der Waals surface area contributed by atoms with E-state index in [1.165, 1.54) is 0 Å². The predicted molar refractivity (Wildman–Crippen MR) is 133 cm³/mol. The molecular weight excluding hydrogens is 432 g/mol. The summed E-state index contributed by atoms with van der Waals surface area (Å²) in [6.45, 7) is 9.02. The Kier molecular flexibility index (Phi) is 11.0. The second-order valence-corrected chi connectivity index (χ2v) is 9.99. The number of rotatable bonds is 13. The summed E-state index contributed by atoms with van der Waals surface area (Å²) in [6, 6.07) is 7.80. The number of amides is 2. The third kappa shape index (κ3) is 8.40. The van der Waals surface area contributed by atoms with E-state index < -0.39 is 24.1 Å². The van der Waals surface area contributed by atoms with Crippen LogP contribution in [0, 0.1) is 11.8 Å². The summed E-state index contributed by atoms with van der Waals surface area (Å²) < 4.78 is 0. The highest BCUT2D eigenvalue weighted by Gasteiger charge is 2.35. The molecule has 0 aromatic heterocycles. The van der Waals surface area contributed by atoms with E-state index in [4.69, 9.17) is 5.73 Å². The molecule has 0 bridgehead atoms. The molecule has 1 aromatic rings. The van der Waals surface area contributed by atoms with Gasteiger partial charge in [-0.25, -0.2) is 4.79 Å². The SMILES string of the molecule is CC[C@H](C)[C@H](NC(=O)[C@@H]1CCCN1CC(Cc1ccccc1)NC(=O)[C@@H](N)CC(C)C)C(=O)O. The van der Waals surface area contributed by atoms with Crippen molar-refractivity contribution in [3.8, 4) is 0 Å². The number of carboxylic acid groups (broad SMARTS) is 1. The highest BCUT2D eigenvalue weighted by molar-refractivity contribution is 5.87. The number of nitrogens with two attached hydrogens (primary N) is 1. The van der Waals surface area contributed by atoms with Crippen molar-refractivity contribution in [1.82, 2.24) is 15.5 Å². The van der Waals surface area contributed by atoms with Crippen molar-refractivity contribution in [2.75, 3.05) is 13.1 Å². The van der Waals surface area contributed by atoms with Gasteiger partial charge in [-0.1, -0.05) is 64.4 Å². The molecule has 1 heterocycles. The van der Waals surface area contributed by atoms with Crippen LogP contribution in [0.2, 0.25) is 0 Å². The smallest absolute Gasteiger partial charge is 0.326 e. The van der Waals surface area contributed by atoms with E-state index in [9.17, 15) is 19.5 Å². The van der Waals surface area contributed by atoms with Crippen LogP contribution in [-0.4, -0.2) is 65.0 Å². The Hall–Kier alpha value is -2.45. The van der Waals surface area contributed by atoms with Gasteiger partial charge in [-0.05, 0) is 49.6 Å². The quantitative estimate of drug-likeness (QED) is 0.347. The van der Waals surface area contributed by atoms with Crippen LogP contribution in [0.3, 0.4) is 0 Å². The third-order valence-corrected chi connectivity index (χ3v) is 6.63. The summed E-state index contributed by atoms with van der Waals surface area (Å²) in [7, 11) is 0. The van der Waals surface area contributed by atoms with Crippen molar-refractivity contribution in [2.24, 2.45) is 17.6 Å². The number of carbonyl (C=O) groups is 3. The van der Waals surface area contributed by atoms with E-state index in [-0.39, 0.29) is 23.8 Å². The van der Waals surface area contributed by atoms with Crippen molar-refractivity contribution >= 4 is 17.8 Å². The molecular formula is C26H42N4O4. The number of hydrogen-bond acceptors (Lipinski definition) is 5. The Morgan fingerprint density at radius 2 is 1.82 bits per heavy atom. The zero-order valence-electron chi connectivity index (χ0n) is 21.0. The van der Waals surface area contributed by atoms with Gasteiger partial charge in [0.2, 0.25) is 11.8 Å². The maximum Gasteiger partial charge on any atom is 0.326 e. The van der Waals surface area contributed by atoms with Gasteiger partial charge in [-0.15, -0.1) is 0 Å². The predicted octanol–water partition coefficient (Wildman–Crippen LogP) is 2.17. The molecule has 5 atom stereocenters. The van der Waals surface area contributed by atoms with Crippen LogP contribution in [0.5, 0.6) is 0 Å². The number of nitrogens with one attached hydrogen (secondary N) is 2. The Labute approximate surface area is 203 Å². The van der Waals surface area contributed by atoms with Gasteiger partial charge in [-0.3, -0.25) is 14.5 Å². The average molecular weight is 475 g/mol. The van der Waals surface area contributed by atoms with Crippen molar-refractivity contribution in [2.45, 2.75) is 84.0 Å². The Morgan fingerprint density at radius 3 is 2.41 bits per heavy atom. The summed E-state index contributed by atoms with van der Waals surface area (Å²) in [6.07, 6.45) is 3.39. The second-order valence-electron chi connectivity index (χ2n) is 9.99. The fraction of sp³-hybridized carbons (Fsp3) is 0.654. The molecule has 5 N–H and O–H groups in total. The molecule has 1 aliphatic heterocycles. The Balaban J connectivity index is 2.12. The van der Waals surface area contributed by atoms with Gasteiger partial charge in [0, 0.05) is 12.6 Å². The number of nitrogens with zero attached hydrogens (tertiary/aromatic N) is 1.